The van der Waals surface area contributed by atoms with Crippen molar-refractivity contribution in [1.82, 2.24) is 10.6 Å². The molecule has 0 saturated carbocycles. The van der Waals surface area contributed by atoms with Gasteiger partial charge < -0.3 is 15.4 Å². The molecule has 1 heterocycles. The van der Waals surface area contributed by atoms with E-state index in [-0.39, 0.29) is 12.6 Å². The van der Waals surface area contributed by atoms with Gasteiger partial charge in [0.25, 0.3) is 0 Å². The van der Waals surface area contributed by atoms with Crippen molar-refractivity contribution in [3.63, 3.8) is 0 Å². The van der Waals surface area contributed by atoms with Crippen LogP contribution in [0.4, 0.5) is 4.79 Å². The zero-order valence-electron chi connectivity index (χ0n) is 13.3. The predicted octanol–water partition coefficient (Wildman–Crippen LogP) is 3.01. The quantitative estimate of drug-likeness (QED) is 0.850. The normalized spacial score (nSPS) is 17.0. The summed E-state index contributed by atoms with van der Waals surface area (Å²) in [4.78, 5) is 24.7. The SMILES string of the molecule is CCOC(=O)C1=C(c2ccccc2)NC(=O)N[C@@H]1c1ccccc1. The van der Waals surface area contributed by atoms with Gasteiger partial charge in [0.05, 0.1) is 23.9 Å². The van der Waals surface area contributed by atoms with Crippen LogP contribution in [0.15, 0.2) is 66.2 Å². The first-order chi connectivity index (χ1) is 11.7. The van der Waals surface area contributed by atoms with Gasteiger partial charge >= 0.3 is 12.0 Å². The molecule has 0 saturated heterocycles. The molecule has 0 aliphatic carbocycles. The van der Waals surface area contributed by atoms with Crippen molar-refractivity contribution in [2.45, 2.75) is 13.0 Å². The van der Waals surface area contributed by atoms with Crippen molar-refractivity contribution in [2.75, 3.05) is 6.61 Å². The lowest BCUT2D eigenvalue weighted by Gasteiger charge is -2.29. The highest BCUT2D eigenvalue weighted by atomic mass is 16.5. The lowest BCUT2D eigenvalue weighted by molar-refractivity contribution is -0.138. The molecule has 1 aliphatic heterocycles. The van der Waals surface area contributed by atoms with Gasteiger partial charge in [-0.15, -0.1) is 0 Å². The van der Waals surface area contributed by atoms with Crippen LogP contribution in [0.25, 0.3) is 5.70 Å². The summed E-state index contributed by atoms with van der Waals surface area (Å²) >= 11 is 0. The van der Waals surface area contributed by atoms with E-state index >= 15 is 0 Å². The molecule has 2 amide bonds. The molecule has 122 valence electrons. The van der Waals surface area contributed by atoms with E-state index < -0.39 is 12.0 Å². The molecule has 0 bridgehead atoms. The molecule has 0 unspecified atom stereocenters. The first-order valence-electron chi connectivity index (χ1n) is 7.80. The number of benzene rings is 2. The van der Waals surface area contributed by atoms with Gasteiger partial charge in [0.15, 0.2) is 0 Å². The average Bonchev–Trinajstić information content (AvgIpc) is 2.62. The summed E-state index contributed by atoms with van der Waals surface area (Å²) in [6.07, 6.45) is 0. The molecule has 0 aromatic heterocycles. The number of amides is 2. The summed E-state index contributed by atoms with van der Waals surface area (Å²) < 4.78 is 5.23. The van der Waals surface area contributed by atoms with Crippen molar-refractivity contribution in [3.05, 3.63) is 77.4 Å². The highest BCUT2D eigenvalue weighted by Gasteiger charge is 2.34. The maximum atomic E-state index is 12.6. The van der Waals surface area contributed by atoms with E-state index in [0.717, 1.165) is 11.1 Å². The Kier molecular flexibility index (Phi) is 4.61. The Balaban J connectivity index is 2.16. The molecule has 0 spiro atoms. The number of carbonyl (C=O) groups excluding carboxylic acids is 2. The maximum Gasteiger partial charge on any atom is 0.338 e. The molecule has 1 aliphatic rings. The molecule has 2 aromatic carbocycles. The van der Waals surface area contributed by atoms with E-state index in [1.165, 1.54) is 0 Å². The lowest BCUT2D eigenvalue weighted by atomic mass is 9.93. The van der Waals surface area contributed by atoms with E-state index in [1.807, 2.05) is 60.7 Å². The smallest absolute Gasteiger partial charge is 0.338 e. The van der Waals surface area contributed by atoms with Gasteiger partial charge in [0.1, 0.15) is 0 Å². The number of esters is 1. The van der Waals surface area contributed by atoms with E-state index in [1.54, 1.807) is 6.92 Å². The van der Waals surface area contributed by atoms with E-state index in [4.69, 9.17) is 4.74 Å². The summed E-state index contributed by atoms with van der Waals surface area (Å²) in [6.45, 7) is 2.02. The van der Waals surface area contributed by atoms with Crippen molar-refractivity contribution in [1.29, 1.82) is 0 Å². The lowest BCUT2D eigenvalue weighted by Crippen LogP contribution is -2.45. The van der Waals surface area contributed by atoms with Crippen LogP contribution in [0, 0.1) is 0 Å². The highest BCUT2D eigenvalue weighted by Crippen LogP contribution is 2.31. The van der Waals surface area contributed by atoms with Crippen molar-refractivity contribution >= 4 is 17.7 Å². The minimum absolute atomic E-state index is 0.264. The Morgan fingerprint density at radius 1 is 1.04 bits per heavy atom. The second-order valence-corrected chi connectivity index (χ2v) is 5.32. The molecule has 5 heteroatoms. The number of urea groups is 1. The Bertz CT molecular complexity index is 770. The van der Waals surface area contributed by atoms with Crippen LogP contribution < -0.4 is 10.6 Å². The third kappa shape index (κ3) is 3.15. The first-order valence-corrected chi connectivity index (χ1v) is 7.80. The molecule has 0 fully saturated rings. The van der Waals surface area contributed by atoms with Gasteiger partial charge in [-0.25, -0.2) is 9.59 Å². The van der Waals surface area contributed by atoms with Gasteiger partial charge in [-0.1, -0.05) is 60.7 Å². The van der Waals surface area contributed by atoms with Gasteiger partial charge in [0, 0.05) is 0 Å². The van der Waals surface area contributed by atoms with Crippen LogP contribution in [0.1, 0.15) is 24.1 Å². The molecule has 2 aromatic rings. The zero-order chi connectivity index (χ0) is 16.9. The molecule has 0 radical (unpaired) electrons. The first kappa shape index (κ1) is 15.8. The van der Waals surface area contributed by atoms with Gasteiger partial charge in [0.2, 0.25) is 0 Å². The van der Waals surface area contributed by atoms with Gasteiger partial charge in [-0.2, -0.15) is 0 Å². The summed E-state index contributed by atoms with van der Waals surface area (Å²) in [5.74, 6) is -0.447. The largest absolute Gasteiger partial charge is 0.463 e. The Morgan fingerprint density at radius 2 is 1.67 bits per heavy atom. The van der Waals surface area contributed by atoms with Crippen LogP contribution in [-0.2, 0) is 9.53 Å². The minimum atomic E-state index is -0.561. The van der Waals surface area contributed by atoms with Crippen LogP contribution in [0.3, 0.4) is 0 Å². The van der Waals surface area contributed by atoms with Crippen molar-refractivity contribution < 1.29 is 14.3 Å². The summed E-state index contributed by atoms with van der Waals surface area (Å²) in [7, 11) is 0. The number of nitrogens with one attached hydrogen (secondary N) is 2. The van der Waals surface area contributed by atoms with E-state index in [0.29, 0.717) is 11.3 Å². The fourth-order valence-electron chi connectivity index (χ4n) is 2.72. The number of carbonyl (C=O) groups is 2. The number of hydrogen-bond acceptors (Lipinski definition) is 3. The third-order valence-corrected chi connectivity index (χ3v) is 3.76. The standard InChI is InChI=1S/C19H18N2O3/c1-2-24-18(22)15-16(13-9-5-3-6-10-13)20-19(23)21-17(15)14-11-7-4-8-12-14/h3-12,16H,2H2,1H3,(H2,20,21,23)/t16-/m1/s1. The third-order valence-electron chi connectivity index (χ3n) is 3.76. The fraction of sp³-hybridized carbons (Fsp3) is 0.158. The second kappa shape index (κ2) is 7.00. The van der Waals surface area contributed by atoms with Crippen LogP contribution in [0.2, 0.25) is 0 Å². The van der Waals surface area contributed by atoms with E-state index in [9.17, 15) is 9.59 Å². The average molecular weight is 322 g/mol. The number of hydrogen-bond donors (Lipinski definition) is 2. The molecule has 1 atom stereocenters. The predicted molar refractivity (Wildman–Crippen MR) is 90.8 cm³/mol. The van der Waals surface area contributed by atoms with E-state index in [2.05, 4.69) is 10.6 Å². The summed E-state index contributed by atoms with van der Waals surface area (Å²) in [5, 5.41) is 5.56. The maximum absolute atomic E-state index is 12.6. The minimum Gasteiger partial charge on any atom is -0.463 e. The van der Waals surface area contributed by atoms with Gasteiger partial charge in [-0.3, -0.25) is 0 Å². The van der Waals surface area contributed by atoms with Crippen LogP contribution in [-0.4, -0.2) is 18.6 Å². The summed E-state index contributed by atoms with van der Waals surface area (Å²) in [5.41, 5.74) is 2.46. The van der Waals surface area contributed by atoms with Crippen LogP contribution >= 0.6 is 0 Å². The molecular formula is C19H18N2O3. The van der Waals surface area contributed by atoms with Crippen molar-refractivity contribution in [3.8, 4) is 0 Å². The van der Waals surface area contributed by atoms with Gasteiger partial charge in [-0.05, 0) is 18.1 Å². The molecule has 2 N–H and O–H groups in total. The number of rotatable bonds is 4. The molecular weight excluding hydrogens is 304 g/mol. The Morgan fingerprint density at radius 3 is 2.29 bits per heavy atom. The van der Waals surface area contributed by atoms with Crippen molar-refractivity contribution in [2.24, 2.45) is 0 Å². The molecule has 3 rings (SSSR count). The highest BCUT2D eigenvalue weighted by molar-refractivity contribution is 6.04. The Labute approximate surface area is 140 Å². The fourth-order valence-corrected chi connectivity index (χ4v) is 2.72. The summed E-state index contributed by atoms with van der Waals surface area (Å²) in [6, 6.07) is 17.8. The molecule has 24 heavy (non-hydrogen) atoms. The van der Waals surface area contributed by atoms with Crippen LogP contribution in [0.5, 0.6) is 0 Å². The second-order valence-electron chi connectivity index (χ2n) is 5.32. The topological polar surface area (TPSA) is 67.4 Å². The number of ether oxygens (including phenoxy) is 1. The Hall–Kier alpha value is -3.08. The zero-order valence-corrected chi connectivity index (χ0v) is 13.3. The monoisotopic (exact) mass is 322 g/mol. The molecule has 5 nitrogen and oxygen atoms in total.